The van der Waals surface area contributed by atoms with Crippen molar-refractivity contribution in [3.05, 3.63) is 200 Å². The summed E-state index contributed by atoms with van der Waals surface area (Å²) in [5, 5.41) is 3.58. The predicted molar refractivity (Wildman–Crippen MR) is 223 cm³/mol. The Morgan fingerprint density at radius 3 is 1.96 bits per heavy atom. The number of hydrogen-bond donors (Lipinski definition) is 1. The maximum Gasteiger partial charge on any atom is 0.0701 e. The molecule has 0 saturated carbocycles. The maximum absolute atomic E-state index is 5.62. The Labute approximate surface area is 308 Å². The van der Waals surface area contributed by atoms with Crippen molar-refractivity contribution in [2.24, 2.45) is 5.73 Å². The molecule has 3 heterocycles. The van der Waals surface area contributed by atoms with Crippen LogP contribution in [0.5, 0.6) is 0 Å². The van der Waals surface area contributed by atoms with Crippen molar-refractivity contribution in [2.45, 2.75) is 6.92 Å². The Hall–Kier alpha value is -7.11. The van der Waals surface area contributed by atoms with Gasteiger partial charge in [-0.25, -0.2) is 0 Å². The number of fused-ring (bicyclic) bond motifs is 4. The summed E-state index contributed by atoms with van der Waals surface area (Å²) in [5.41, 5.74) is 18.9. The molecule has 5 heteroatoms. The number of allylic oxidation sites excluding steroid dienone is 3. The zero-order chi connectivity index (χ0) is 35.7. The van der Waals surface area contributed by atoms with Crippen molar-refractivity contribution in [3.63, 3.8) is 0 Å². The highest BCUT2D eigenvalue weighted by atomic mass is 15.1. The number of pyridine rings is 1. The molecule has 0 saturated heterocycles. The van der Waals surface area contributed by atoms with Gasteiger partial charge in [-0.2, -0.15) is 0 Å². The van der Waals surface area contributed by atoms with E-state index in [1.54, 1.807) is 6.20 Å². The third kappa shape index (κ3) is 5.84. The molecule has 5 nitrogen and oxygen atoms in total. The topological polar surface area (TPSA) is 52.0 Å². The van der Waals surface area contributed by atoms with E-state index in [4.69, 9.17) is 5.73 Å². The molecule has 0 radical (unpaired) electrons. The Kier molecular flexibility index (Phi) is 8.14. The van der Waals surface area contributed by atoms with Gasteiger partial charge in [0.15, 0.2) is 0 Å². The highest BCUT2D eigenvalue weighted by Crippen LogP contribution is 2.41. The number of hydrogen-bond acceptors (Lipinski definition) is 3. The number of aromatic nitrogens is 3. The van der Waals surface area contributed by atoms with E-state index in [1.165, 1.54) is 27.2 Å². The first-order chi connectivity index (χ1) is 26.2. The average molecular weight is 684 g/mol. The van der Waals surface area contributed by atoms with Crippen LogP contribution in [0.25, 0.3) is 60.9 Å². The lowest BCUT2D eigenvalue weighted by Crippen LogP contribution is -2.10. The molecule has 0 aliphatic heterocycles. The van der Waals surface area contributed by atoms with Crippen molar-refractivity contribution in [1.29, 1.82) is 0 Å². The normalized spacial score (nSPS) is 12.0. The molecule has 3 aromatic heterocycles. The van der Waals surface area contributed by atoms with Crippen molar-refractivity contribution in [1.82, 2.24) is 14.1 Å². The Balaban J connectivity index is 1.25. The minimum absolute atomic E-state index is 0.949. The second-order valence-corrected chi connectivity index (χ2v) is 13.2. The predicted octanol–water partition coefficient (Wildman–Crippen LogP) is 12.1. The van der Waals surface area contributed by atoms with Crippen LogP contribution >= 0.6 is 0 Å². The van der Waals surface area contributed by atoms with Gasteiger partial charge in [-0.15, -0.1) is 0 Å². The molecule has 0 bridgehead atoms. The number of rotatable bonds is 8. The standard InChI is InChI=1S/C48H37N5/c1-34(11-10-28-49)35-17-21-40(22-18-35)52(41-23-19-36(20-24-41)45-16-8-9-29-50-45)42-25-26-46-43(32-42)44-33-47-37(27-30-51(47)38-12-4-2-5-13-38)31-48(44)53(46)39-14-6-3-7-15-39/h2-33H,49H2,1H3/b28-10-,34-11+. The van der Waals surface area contributed by atoms with Gasteiger partial charge in [0.2, 0.25) is 0 Å². The largest absolute Gasteiger partial charge is 0.405 e. The van der Waals surface area contributed by atoms with Gasteiger partial charge in [0, 0.05) is 62.6 Å². The number of para-hydroxylation sites is 2. The molecule has 2 N–H and O–H groups in total. The van der Waals surface area contributed by atoms with E-state index in [2.05, 4.69) is 178 Å². The summed E-state index contributed by atoms with van der Waals surface area (Å²) >= 11 is 0. The highest BCUT2D eigenvalue weighted by Gasteiger charge is 2.19. The fourth-order valence-electron chi connectivity index (χ4n) is 7.38. The SMILES string of the molecule is C/C(=C\C=C/N)c1ccc(N(c2ccc(-c3ccccn3)cc2)c2ccc3c(c2)c2cc4c(ccn4-c4ccccc4)cc2n3-c2ccccc2)cc1. The van der Waals surface area contributed by atoms with Crippen molar-refractivity contribution in [3.8, 4) is 22.6 Å². The monoisotopic (exact) mass is 683 g/mol. The smallest absolute Gasteiger partial charge is 0.0701 e. The van der Waals surface area contributed by atoms with Gasteiger partial charge in [-0.3, -0.25) is 4.98 Å². The van der Waals surface area contributed by atoms with Gasteiger partial charge in [-0.05, 0) is 127 Å². The second-order valence-electron chi connectivity index (χ2n) is 13.2. The minimum atomic E-state index is 0.949. The zero-order valence-electron chi connectivity index (χ0n) is 29.3. The van der Waals surface area contributed by atoms with Crippen LogP contribution in [0.4, 0.5) is 17.1 Å². The third-order valence-electron chi connectivity index (χ3n) is 9.99. The van der Waals surface area contributed by atoms with Crippen molar-refractivity contribution in [2.75, 3.05) is 4.90 Å². The fourth-order valence-corrected chi connectivity index (χ4v) is 7.38. The average Bonchev–Trinajstić information content (AvgIpc) is 3.79. The van der Waals surface area contributed by atoms with Crippen LogP contribution in [0, 0.1) is 0 Å². The molecule has 0 aliphatic rings. The minimum Gasteiger partial charge on any atom is -0.405 e. The lowest BCUT2D eigenvalue weighted by atomic mass is 10.0. The van der Waals surface area contributed by atoms with E-state index >= 15 is 0 Å². The van der Waals surface area contributed by atoms with Crippen LogP contribution in [0.3, 0.4) is 0 Å². The number of nitrogens with two attached hydrogens (primary N) is 1. The van der Waals surface area contributed by atoms with Crippen LogP contribution in [-0.2, 0) is 0 Å². The molecule has 9 aromatic rings. The van der Waals surface area contributed by atoms with Crippen LogP contribution in [0.15, 0.2) is 195 Å². The molecule has 9 rings (SSSR count). The molecule has 0 amide bonds. The van der Waals surface area contributed by atoms with E-state index in [-0.39, 0.29) is 0 Å². The maximum atomic E-state index is 5.62. The molecule has 0 atom stereocenters. The molecule has 53 heavy (non-hydrogen) atoms. The van der Waals surface area contributed by atoms with Gasteiger partial charge >= 0.3 is 0 Å². The van der Waals surface area contributed by atoms with Gasteiger partial charge in [0.25, 0.3) is 0 Å². The Morgan fingerprint density at radius 2 is 1.26 bits per heavy atom. The molecule has 0 spiro atoms. The summed E-state index contributed by atoms with van der Waals surface area (Å²) in [6, 6.07) is 58.4. The summed E-state index contributed by atoms with van der Waals surface area (Å²) < 4.78 is 4.67. The third-order valence-corrected chi connectivity index (χ3v) is 9.99. The fraction of sp³-hybridized carbons (Fsp3) is 0.0208. The van der Waals surface area contributed by atoms with E-state index in [1.807, 2.05) is 36.5 Å². The highest BCUT2D eigenvalue weighted by molar-refractivity contribution is 6.14. The first-order valence-corrected chi connectivity index (χ1v) is 17.8. The van der Waals surface area contributed by atoms with Crippen LogP contribution in [0.1, 0.15) is 12.5 Å². The van der Waals surface area contributed by atoms with Crippen LogP contribution in [0.2, 0.25) is 0 Å². The van der Waals surface area contributed by atoms with Gasteiger partial charge in [0.1, 0.15) is 0 Å². The Bertz CT molecular complexity index is 2760. The van der Waals surface area contributed by atoms with E-state index in [0.717, 1.165) is 56.3 Å². The summed E-state index contributed by atoms with van der Waals surface area (Å²) in [5.74, 6) is 0. The number of anilines is 3. The first kappa shape index (κ1) is 31.8. The lowest BCUT2D eigenvalue weighted by Gasteiger charge is -2.26. The molecule has 6 aromatic carbocycles. The van der Waals surface area contributed by atoms with Crippen LogP contribution < -0.4 is 10.6 Å². The molecule has 254 valence electrons. The van der Waals surface area contributed by atoms with Crippen LogP contribution in [-0.4, -0.2) is 14.1 Å². The first-order valence-electron chi connectivity index (χ1n) is 17.8. The van der Waals surface area contributed by atoms with Crippen molar-refractivity contribution >= 4 is 55.3 Å². The summed E-state index contributed by atoms with van der Waals surface area (Å²) in [6.07, 6.45) is 9.46. The molecular formula is C48H37N5. The molecule has 0 aliphatic carbocycles. The lowest BCUT2D eigenvalue weighted by molar-refractivity contribution is 1.13. The summed E-state index contributed by atoms with van der Waals surface area (Å²) in [7, 11) is 0. The molecular weight excluding hydrogens is 647 g/mol. The van der Waals surface area contributed by atoms with Gasteiger partial charge in [-0.1, -0.05) is 72.8 Å². The van der Waals surface area contributed by atoms with Crippen molar-refractivity contribution < 1.29 is 0 Å². The zero-order valence-corrected chi connectivity index (χ0v) is 29.3. The van der Waals surface area contributed by atoms with Gasteiger partial charge < -0.3 is 19.8 Å². The van der Waals surface area contributed by atoms with E-state index in [9.17, 15) is 0 Å². The van der Waals surface area contributed by atoms with Gasteiger partial charge in [0.05, 0.1) is 22.2 Å². The van der Waals surface area contributed by atoms with E-state index < -0.39 is 0 Å². The number of benzene rings is 6. The number of nitrogens with zero attached hydrogens (tertiary/aromatic N) is 4. The quantitative estimate of drug-likeness (QED) is 0.162. The summed E-state index contributed by atoms with van der Waals surface area (Å²) in [6.45, 7) is 2.10. The summed E-state index contributed by atoms with van der Waals surface area (Å²) in [4.78, 5) is 6.92. The molecule has 0 fully saturated rings. The molecule has 0 unspecified atom stereocenters. The van der Waals surface area contributed by atoms with E-state index in [0.29, 0.717) is 0 Å². The second kappa shape index (κ2) is 13.5. The Morgan fingerprint density at radius 1 is 0.604 bits per heavy atom.